The molecular formula is C21H24ClF3N4O4. The zero-order valence-electron chi connectivity index (χ0n) is 17.9. The average molecular weight is 489 g/mol. The molecule has 0 saturated carbocycles. The number of fused-ring (bicyclic) bond motifs is 1. The zero-order valence-corrected chi connectivity index (χ0v) is 18.6. The third-order valence-electron chi connectivity index (χ3n) is 5.87. The second-order valence-electron chi connectivity index (χ2n) is 7.90. The molecule has 1 fully saturated rings. The smallest absolute Gasteiger partial charge is 0.408 e. The van der Waals surface area contributed by atoms with Crippen LogP contribution in [0.1, 0.15) is 18.1 Å². The average Bonchev–Trinajstić information content (AvgIpc) is 2.79. The molecule has 2 aliphatic rings. The largest absolute Gasteiger partial charge is 0.496 e. The fraction of sp³-hybridized carbons (Fsp3) is 0.524. The number of halogens is 4. The lowest BCUT2D eigenvalue weighted by atomic mass is 10.0. The maximum atomic E-state index is 14.0. The Morgan fingerprint density at radius 3 is 2.67 bits per heavy atom. The van der Waals surface area contributed by atoms with Gasteiger partial charge < -0.3 is 24.4 Å². The lowest BCUT2D eigenvalue weighted by Gasteiger charge is -2.40. The molecule has 4 rings (SSSR count). The minimum absolute atomic E-state index is 0.119. The van der Waals surface area contributed by atoms with Gasteiger partial charge in [0, 0.05) is 36.3 Å². The number of methoxy groups -OCH3 is 1. The number of hydrogen-bond acceptors (Lipinski definition) is 7. The van der Waals surface area contributed by atoms with Crippen LogP contribution in [0, 0.1) is 0 Å². The van der Waals surface area contributed by atoms with Gasteiger partial charge in [0.2, 0.25) is 5.95 Å². The van der Waals surface area contributed by atoms with Crippen LogP contribution < -0.4 is 20.1 Å². The lowest BCUT2D eigenvalue weighted by molar-refractivity contribution is -0.153. The summed E-state index contributed by atoms with van der Waals surface area (Å²) in [4.78, 5) is 20.0. The van der Waals surface area contributed by atoms with E-state index in [0.717, 1.165) is 4.90 Å². The normalized spacial score (nSPS) is 19.9. The first-order valence-corrected chi connectivity index (χ1v) is 10.9. The third kappa shape index (κ3) is 4.90. The predicted molar refractivity (Wildman–Crippen MR) is 116 cm³/mol. The van der Waals surface area contributed by atoms with Crippen molar-refractivity contribution < 1.29 is 27.8 Å². The van der Waals surface area contributed by atoms with Crippen LogP contribution in [0.4, 0.5) is 24.9 Å². The molecule has 2 aliphatic heterocycles. The SMILES string of the molecule is COc1cc(Cl)ccc1[C@@H](O)CN1c2nc(N3CCOCC3)cc(=O)n2CCC1C(F)(F)F. The minimum atomic E-state index is -4.58. The van der Waals surface area contributed by atoms with E-state index in [1.807, 2.05) is 0 Å². The Balaban J connectivity index is 1.74. The highest BCUT2D eigenvalue weighted by molar-refractivity contribution is 6.30. The van der Waals surface area contributed by atoms with Crippen molar-refractivity contribution in [1.29, 1.82) is 0 Å². The van der Waals surface area contributed by atoms with Crippen molar-refractivity contribution in [1.82, 2.24) is 9.55 Å². The molecule has 2 atom stereocenters. The molecule has 0 aliphatic carbocycles. The molecule has 1 aromatic carbocycles. The van der Waals surface area contributed by atoms with E-state index in [9.17, 15) is 23.1 Å². The number of benzene rings is 1. The van der Waals surface area contributed by atoms with Gasteiger partial charge in [-0.15, -0.1) is 0 Å². The topological polar surface area (TPSA) is 80.1 Å². The zero-order chi connectivity index (χ0) is 23.8. The van der Waals surface area contributed by atoms with Gasteiger partial charge in [-0.3, -0.25) is 9.36 Å². The molecule has 8 nitrogen and oxygen atoms in total. The first kappa shape index (κ1) is 23.7. The van der Waals surface area contributed by atoms with E-state index >= 15 is 0 Å². The Kier molecular flexibility index (Phi) is 6.73. The Morgan fingerprint density at radius 1 is 1.27 bits per heavy atom. The van der Waals surface area contributed by atoms with Crippen LogP contribution >= 0.6 is 11.6 Å². The van der Waals surface area contributed by atoms with Crippen molar-refractivity contribution in [3.8, 4) is 5.75 Å². The number of ether oxygens (including phenoxy) is 2. The molecule has 0 spiro atoms. The van der Waals surface area contributed by atoms with E-state index < -0.39 is 30.4 Å². The molecular weight excluding hydrogens is 465 g/mol. The molecule has 1 saturated heterocycles. The molecule has 33 heavy (non-hydrogen) atoms. The van der Waals surface area contributed by atoms with Gasteiger partial charge in [0.15, 0.2) is 0 Å². The maximum Gasteiger partial charge on any atom is 0.408 e. The number of nitrogens with zero attached hydrogens (tertiary/aromatic N) is 4. The molecule has 1 N–H and O–H groups in total. The van der Waals surface area contributed by atoms with Gasteiger partial charge in [-0.25, -0.2) is 0 Å². The van der Waals surface area contributed by atoms with Gasteiger partial charge in [-0.2, -0.15) is 18.2 Å². The molecule has 3 heterocycles. The molecule has 1 unspecified atom stereocenters. The van der Waals surface area contributed by atoms with Crippen LogP contribution in [0.25, 0.3) is 0 Å². The number of rotatable bonds is 5. The Morgan fingerprint density at radius 2 is 2.00 bits per heavy atom. The van der Waals surface area contributed by atoms with Gasteiger partial charge in [0.25, 0.3) is 5.56 Å². The van der Waals surface area contributed by atoms with Crippen molar-refractivity contribution in [2.24, 2.45) is 0 Å². The molecule has 0 amide bonds. The van der Waals surface area contributed by atoms with Crippen LogP contribution in [0.2, 0.25) is 5.02 Å². The van der Waals surface area contributed by atoms with Gasteiger partial charge in [-0.05, 0) is 18.6 Å². The lowest BCUT2D eigenvalue weighted by Crippen LogP contribution is -2.54. The van der Waals surface area contributed by atoms with E-state index in [-0.39, 0.29) is 30.2 Å². The first-order valence-electron chi connectivity index (χ1n) is 10.5. The quantitative estimate of drug-likeness (QED) is 0.693. The highest BCUT2D eigenvalue weighted by Crippen LogP contribution is 2.37. The van der Waals surface area contributed by atoms with Crippen LogP contribution in [0.5, 0.6) is 5.75 Å². The number of aliphatic hydroxyl groups excluding tert-OH is 1. The number of β-amino-alcohol motifs (C(OH)–C–C–N with tert-alkyl or cyclic N) is 1. The summed E-state index contributed by atoms with van der Waals surface area (Å²) in [7, 11) is 1.38. The second kappa shape index (κ2) is 9.40. The summed E-state index contributed by atoms with van der Waals surface area (Å²) in [6.07, 6.45) is -6.26. The van der Waals surface area contributed by atoms with Gasteiger partial charge in [-0.1, -0.05) is 17.7 Å². The van der Waals surface area contributed by atoms with Gasteiger partial charge in [0.05, 0.1) is 26.9 Å². The monoisotopic (exact) mass is 488 g/mol. The molecule has 1 aromatic heterocycles. The van der Waals surface area contributed by atoms with Crippen molar-refractivity contribution in [2.75, 3.05) is 49.8 Å². The standard InChI is InChI=1S/C21H24ClF3N4O4/c1-32-16-10-13(22)2-3-14(16)15(30)12-29-17(21(23,24)25)4-5-28-19(31)11-18(26-20(28)29)27-6-8-33-9-7-27/h2-3,10-11,15,17,30H,4-9,12H2,1H3/t15-,17?/m0/s1. The molecule has 180 valence electrons. The summed E-state index contributed by atoms with van der Waals surface area (Å²) < 4.78 is 53.7. The van der Waals surface area contributed by atoms with Crippen LogP contribution in [-0.2, 0) is 11.3 Å². The third-order valence-corrected chi connectivity index (χ3v) is 6.11. The summed E-state index contributed by atoms with van der Waals surface area (Å²) in [5, 5.41) is 11.3. The van der Waals surface area contributed by atoms with E-state index in [1.165, 1.54) is 35.9 Å². The number of morpholine rings is 1. The van der Waals surface area contributed by atoms with E-state index in [1.54, 1.807) is 4.90 Å². The molecule has 2 aromatic rings. The van der Waals surface area contributed by atoms with Crippen LogP contribution in [0.3, 0.4) is 0 Å². The maximum absolute atomic E-state index is 14.0. The van der Waals surface area contributed by atoms with Crippen molar-refractivity contribution >= 4 is 23.4 Å². The fourth-order valence-corrected chi connectivity index (χ4v) is 4.37. The summed E-state index contributed by atoms with van der Waals surface area (Å²) in [6.45, 7) is 1.26. The second-order valence-corrected chi connectivity index (χ2v) is 8.34. The highest BCUT2D eigenvalue weighted by atomic mass is 35.5. The minimum Gasteiger partial charge on any atom is -0.496 e. The Labute approximate surface area is 193 Å². The molecule has 12 heteroatoms. The Bertz CT molecular complexity index is 1060. The number of anilines is 2. The van der Waals surface area contributed by atoms with Gasteiger partial charge in [0.1, 0.15) is 23.7 Å². The van der Waals surface area contributed by atoms with E-state index in [0.29, 0.717) is 37.1 Å². The fourth-order valence-electron chi connectivity index (χ4n) is 4.21. The number of aromatic nitrogens is 2. The number of hydrogen-bond donors (Lipinski definition) is 1. The number of aliphatic hydroxyl groups is 1. The van der Waals surface area contributed by atoms with Crippen molar-refractivity contribution in [3.63, 3.8) is 0 Å². The van der Waals surface area contributed by atoms with Gasteiger partial charge >= 0.3 is 6.18 Å². The summed E-state index contributed by atoms with van der Waals surface area (Å²) >= 11 is 5.97. The van der Waals surface area contributed by atoms with Crippen LogP contribution in [-0.4, -0.2) is 66.8 Å². The van der Waals surface area contributed by atoms with Crippen LogP contribution in [0.15, 0.2) is 29.1 Å². The van der Waals surface area contributed by atoms with Crippen molar-refractivity contribution in [3.05, 3.63) is 45.2 Å². The molecule has 0 bridgehead atoms. The predicted octanol–water partition coefficient (Wildman–Crippen LogP) is 2.62. The van der Waals surface area contributed by atoms with Crippen molar-refractivity contribution in [2.45, 2.75) is 31.3 Å². The highest BCUT2D eigenvalue weighted by Gasteiger charge is 2.47. The van der Waals surface area contributed by atoms with E-state index in [4.69, 9.17) is 21.1 Å². The summed E-state index contributed by atoms with van der Waals surface area (Å²) in [6, 6.07) is 3.93. The van der Waals surface area contributed by atoms with E-state index in [2.05, 4.69) is 4.98 Å². The first-order chi connectivity index (χ1) is 15.7. The summed E-state index contributed by atoms with van der Waals surface area (Å²) in [5.74, 6) is 0.425. The Hall–Kier alpha value is -2.50. The molecule has 0 radical (unpaired) electrons. The summed E-state index contributed by atoms with van der Waals surface area (Å²) in [5.41, 5.74) is -0.155. The number of alkyl halides is 3.